The molecule has 2 rings (SSSR count). The van der Waals surface area contributed by atoms with Gasteiger partial charge in [-0.05, 0) is 0 Å². The summed E-state index contributed by atoms with van der Waals surface area (Å²) in [6.07, 6.45) is 0. The first-order valence-corrected chi connectivity index (χ1v) is 5.16. The number of nitrogens with zero attached hydrogens (tertiary/aromatic N) is 2. The van der Waals surface area contributed by atoms with E-state index in [0.29, 0.717) is 10.8 Å². The molecule has 0 bridgehead atoms. The van der Waals surface area contributed by atoms with Gasteiger partial charge in [0.25, 0.3) is 0 Å². The maximum atomic E-state index is 8.97. The molecule has 2 nitrogen and oxygen atoms in total. The van der Waals surface area contributed by atoms with Gasteiger partial charge in [0.1, 0.15) is 12.1 Å². The second kappa shape index (κ2) is 4.02. The maximum absolute atomic E-state index is 8.97. The molecular weight excluding hydrogens is 243 g/mol. The number of nitriles is 2. The lowest BCUT2D eigenvalue weighted by molar-refractivity contribution is 1.44. The zero-order valence-corrected chi connectivity index (χ0v) is 9.47. The number of rotatable bonds is 0. The predicted molar refractivity (Wildman–Crippen MR) is 63.4 cm³/mol. The van der Waals surface area contributed by atoms with Gasteiger partial charge in [-0.1, -0.05) is 47.5 Å². The molecule has 0 amide bonds. The van der Waals surface area contributed by atoms with Crippen LogP contribution in [0.25, 0.3) is 10.8 Å². The van der Waals surface area contributed by atoms with Gasteiger partial charge in [0.2, 0.25) is 0 Å². The predicted octanol–water partition coefficient (Wildman–Crippen LogP) is 3.89. The Morgan fingerprint density at radius 3 is 1.50 bits per heavy atom. The van der Waals surface area contributed by atoms with Gasteiger partial charge in [0.15, 0.2) is 0 Å². The Hall–Kier alpha value is -1.74. The van der Waals surface area contributed by atoms with Crippen molar-refractivity contribution in [1.82, 2.24) is 0 Å². The summed E-state index contributed by atoms with van der Waals surface area (Å²) in [4.78, 5) is 0. The van der Waals surface area contributed by atoms with Gasteiger partial charge < -0.3 is 0 Å². The molecule has 0 spiro atoms. The normalized spacial score (nSPS) is 9.75. The molecule has 2 aromatic carbocycles. The molecule has 0 radical (unpaired) electrons. The van der Waals surface area contributed by atoms with Crippen molar-refractivity contribution in [3.8, 4) is 12.1 Å². The van der Waals surface area contributed by atoms with Crippen LogP contribution in [-0.2, 0) is 0 Å². The van der Waals surface area contributed by atoms with Crippen LogP contribution in [0.1, 0.15) is 11.1 Å². The fourth-order valence-corrected chi connectivity index (χ4v) is 2.17. The molecule has 0 aliphatic rings. The monoisotopic (exact) mass is 246 g/mol. The van der Waals surface area contributed by atoms with Gasteiger partial charge in [-0.3, -0.25) is 0 Å². The minimum Gasteiger partial charge on any atom is -0.192 e. The second-order valence-electron chi connectivity index (χ2n) is 3.15. The topological polar surface area (TPSA) is 47.6 Å². The average molecular weight is 247 g/mol. The number of hydrogen-bond donors (Lipinski definition) is 0. The first-order valence-electron chi connectivity index (χ1n) is 4.40. The fourth-order valence-electron chi connectivity index (χ4n) is 1.56. The SMILES string of the molecule is N#Cc1c(C#N)c(Cl)c2ccccc2c1Cl. The smallest absolute Gasteiger partial charge is 0.102 e. The molecule has 0 saturated heterocycles. The lowest BCUT2D eigenvalue weighted by Gasteiger charge is -2.07. The molecule has 16 heavy (non-hydrogen) atoms. The second-order valence-corrected chi connectivity index (χ2v) is 3.90. The van der Waals surface area contributed by atoms with Crippen molar-refractivity contribution in [1.29, 1.82) is 10.5 Å². The van der Waals surface area contributed by atoms with Crippen molar-refractivity contribution in [3.63, 3.8) is 0 Å². The lowest BCUT2D eigenvalue weighted by atomic mass is 10.0. The van der Waals surface area contributed by atoms with E-state index in [0.717, 1.165) is 0 Å². The zero-order chi connectivity index (χ0) is 11.7. The molecule has 0 atom stereocenters. The Kier molecular flexibility index (Phi) is 2.71. The molecule has 76 valence electrons. The Morgan fingerprint density at radius 1 is 0.812 bits per heavy atom. The average Bonchev–Trinajstić information content (AvgIpc) is 2.33. The zero-order valence-electron chi connectivity index (χ0n) is 7.96. The Bertz CT molecular complexity index is 605. The highest BCUT2D eigenvalue weighted by atomic mass is 35.5. The minimum absolute atomic E-state index is 0.132. The molecule has 0 aliphatic carbocycles. The summed E-state index contributed by atoms with van der Waals surface area (Å²) in [6.45, 7) is 0. The van der Waals surface area contributed by atoms with Crippen LogP contribution in [0.4, 0.5) is 0 Å². The number of halogens is 2. The number of fused-ring (bicyclic) bond motifs is 1. The highest BCUT2D eigenvalue weighted by Crippen LogP contribution is 2.36. The Morgan fingerprint density at radius 2 is 1.19 bits per heavy atom. The molecule has 0 unspecified atom stereocenters. The van der Waals surface area contributed by atoms with E-state index in [2.05, 4.69) is 0 Å². The third-order valence-electron chi connectivity index (χ3n) is 2.31. The largest absolute Gasteiger partial charge is 0.192 e. The van der Waals surface area contributed by atoms with Gasteiger partial charge in [-0.2, -0.15) is 10.5 Å². The summed E-state index contributed by atoms with van der Waals surface area (Å²) < 4.78 is 0. The van der Waals surface area contributed by atoms with E-state index in [9.17, 15) is 0 Å². The van der Waals surface area contributed by atoms with E-state index < -0.39 is 0 Å². The quantitative estimate of drug-likeness (QED) is 0.708. The molecule has 0 aromatic heterocycles. The van der Waals surface area contributed by atoms with E-state index >= 15 is 0 Å². The van der Waals surface area contributed by atoms with Crippen LogP contribution in [0.5, 0.6) is 0 Å². The third-order valence-corrected chi connectivity index (χ3v) is 3.10. The van der Waals surface area contributed by atoms with Gasteiger partial charge in [0.05, 0.1) is 21.2 Å². The third kappa shape index (κ3) is 1.41. The summed E-state index contributed by atoms with van der Waals surface area (Å²) >= 11 is 12.1. The molecule has 4 heteroatoms. The molecule has 0 heterocycles. The van der Waals surface area contributed by atoms with Crippen molar-refractivity contribution >= 4 is 34.0 Å². The van der Waals surface area contributed by atoms with Crippen LogP contribution in [0.3, 0.4) is 0 Å². The van der Waals surface area contributed by atoms with E-state index in [1.54, 1.807) is 24.3 Å². The summed E-state index contributed by atoms with van der Waals surface area (Å²) in [5.41, 5.74) is 0.265. The van der Waals surface area contributed by atoms with Crippen LogP contribution in [-0.4, -0.2) is 0 Å². The van der Waals surface area contributed by atoms with Gasteiger partial charge >= 0.3 is 0 Å². The summed E-state index contributed by atoms with van der Waals surface area (Å²) in [6, 6.07) is 11.0. The van der Waals surface area contributed by atoms with Crippen LogP contribution in [0.15, 0.2) is 24.3 Å². The minimum atomic E-state index is 0.132. The van der Waals surface area contributed by atoms with E-state index in [1.807, 2.05) is 12.1 Å². The molecule has 0 N–H and O–H groups in total. The van der Waals surface area contributed by atoms with Crippen LogP contribution < -0.4 is 0 Å². The van der Waals surface area contributed by atoms with Gasteiger partial charge in [-0.25, -0.2) is 0 Å². The van der Waals surface area contributed by atoms with Crippen LogP contribution >= 0.6 is 23.2 Å². The molecule has 0 fully saturated rings. The number of hydrogen-bond acceptors (Lipinski definition) is 2. The van der Waals surface area contributed by atoms with Crippen LogP contribution in [0.2, 0.25) is 10.0 Å². The first-order chi connectivity index (χ1) is 7.70. The van der Waals surface area contributed by atoms with E-state index in [1.165, 1.54) is 0 Å². The molecule has 0 saturated carbocycles. The summed E-state index contributed by atoms with van der Waals surface area (Å²) in [7, 11) is 0. The molecule has 2 aromatic rings. The van der Waals surface area contributed by atoms with Crippen molar-refractivity contribution in [3.05, 3.63) is 45.4 Å². The maximum Gasteiger partial charge on any atom is 0.102 e. The Labute approximate surface area is 102 Å². The summed E-state index contributed by atoms with van der Waals surface area (Å²) in [5, 5.41) is 19.9. The lowest BCUT2D eigenvalue weighted by Crippen LogP contribution is -1.90. The molecule has 0 aliphatic heterocycles. The highest BCUT2D eigenvalue weighted by Gasteiger charge is 2.16. The summed E-state index contributed by atoms with van der Waals surface area (Å²) in [5.74, 6) is 0. The van der Waals surface area contributed by atoms with Crippen LogP contribution in [0, 0.1) is 22.7 Å². The van der Waals surface area contributed by atoms with Crippen molar-refractivity contribution in [2.45, 2.75) is 0 Å². The van der Waals surface area contributed by atoms with Crippen molar-refractivity contribution in [2.75, 3.05) is 0 Å². The van der Waals surface area contributed by atoms with Crippen molar-refractivity contribution in [2.24, 2.45) is 0 Å². The van der Waals surface area contributed by atoms with Crippen molar-refractivity contribution < 1.29 is 0 Å². The standard InChI is InChI=1S/C12H4Cl2N2/c13-11-7-3-1-2-4-8(7)12(14)10(6-16)9(11)5-15/h1-4H. The first kappa shape index (κ1) is 10.8. The van der Waals surface area contributed by atoms with E-state index in [4.69, 9.17) is 33.7 Å². The highest BCUT2D eigenvalue weighted by molar-refractivity contribution is 6.42. The van der Waals surface area contributed by atoms with E-state index in [-0.39, 0.29) is 21.2 Å². The Balaban J connectivity index is 3.08. The number of benzene rings is 2. The molecular formula is C12H4Cl2N2. The van der Waals surface area contributed by atoms with Gasteiger partial charge in [-0.15, -0.1) is 0 Å². The van der Waals surface area contributed by atoms with Gasteiger partial charge in [0, 0.05) is 10.8 Å². The fraction of sp³-hybridized carbons (Fsp3) is 0.